The van der Waals surface area contributed by atoms with E-state index in [0.29, 0.717) is 5.92 Å². The Hall–Kier alpha value is -0.900. The van der Waals surface area contributed by atoms with E-state index >= 15 is 0 Å². The number of nitrogens with two attached hydrogens (primary N) is 1. The molecule has 3 atom stereocenters. The third-order valence-corrected chi connectivity index (χ3v) is 4.17. The van der Waals surface area contributed by atoms with Gasteiger partial charge < -0.3 is 5.73 Å². The molecule has 0 amide bonds. The van der Waals surface area contributed by atoms with E-state index in [2.05, 4.69) is 28.8 Å². The molecule has 1 aromatic heterocycles. The molecule has 2 N–H and O–H groups in total. The van der Waals surface area contributed by atoms with Gasteiger partial charge in [0.2, 0.25) is 0 Å². The normalized spacial score (nSPS) is 28.5. The van der Waals surface area contributed by atoms with E-state index in [-0.39, 0.29) is 6.04 Å². The van der Waals surface area contributed by atoms with Crippen molar-refractivity contribution < 1.29 is 0 Å². The summed E-state index contributed by atoms with van der Waals surface area (Å²) < 4.78 is 2.05. The SMILES string of the molecule is CCCC1CCC(N)C(c2cnnn2CCC)C1. The number of hydrogen-bond donors (Lipinski definition) is 1. The van der Waals surface area contributed by atoms with E-state index in [4.69, 9.17) is 5.73 Å². The van der Waals surface area contributed by atoms with Crippen LogP contribution >= 0.6 is 0 Å². The summed E-state index contributed by atoms with van der Waals surface area (Å²) >= 11 is 0. The zero-order valence-electron chi connectivity index (χ0n) is 11.7. The molecule has 1 heterocycles. The Morgan fingerprint density at radius 1 is 1.33 bits per heavy atom. The minimum absolute atomic E-state index is 0.284. The van der Waals surface area contributed by atoms with Crippen molar-refractivity contribution in [1.29, 1.82) is 0 Å². The van der Waals surface area contributed by atoms with Crippen LogP contribution in [0.15, 0.2) is 6.20 Å². The number of nitrogens with zero attached hydrogens (tertiary/aromatic N) is 3. The van der Waals surface area contributed by atoms with Gasteiger partial charge in [-0.2, -0.15) is 0 Å². The second kappa shape index (κ2) is 6.32. The molecular weight excluding hydrogens is 224 g/mol. The lowest BCUT2D eigenvalue weighted by molar-refractivity contribution is 0.265. The lowest BCUT2D eigenvalue weighted by Gasteiger charge is -2.34. The van der Waals surface area contributed by atoms with E-state index in [9.17, 15) is 0 Å². The Kier molecular flexibility index (Phi) is 4.75. The zero-order chi connectivity index (χ0) is 13.0. The fraction of sp³-hybridized carbons (Fsp3) is 0.857. The Morgan fingerprint density at radius 2 is 2.17 bits per heavy atom. The summed E-state index contributed by atoms with van der Waals surface area (Å²) in [6.07, 6.45) is 9.28. The largest absolute Gasteiger partial charge is 0.327 e. The first kappa shape index (κ1) is 13.5. The average molecular weight is 250 g/mol. The van der Waals surface area contributed by atoms with Gasteiger partial charge in [-0.1, -0.05) is 31.9 Å². The minimum atomic E-state index is 0.284. The van der Waals surface area contributed by atoms with Gasteiger partial charge in [-0.25, -0.2) is 4.68 Å². The van der Waals surface area contributed by atoms with Gasteiger partial charge in [-0.05, 0) is 31.6 Å². The summed E-state index contributed by atoms with van der Waals surface area (Å²) in [6, 6.07) is 0.284. The molecule has 1 aromatic rings. The molecule has 0 aliphatic heterocycles. The van der Waals surface area contributed by atoms with E-state index in [1.165, 1.54) is 31.4 Å². The van der Waals surface area contributed by atoms with Gasteiger partial charge in [0, 0.05) is 18.5 Å². The van der Waals surface area contributed by atoms with Crippen molar-refractivity contribution in [3.8, 4) is 0 Å². The van der Waals surface area contributed by atoms with Crippen LogP contribution in [-0.4, -0.2) is 21.0 Å². The molecule has 1 saturated carbocycles. The number of hydrogen-bond acceptors (Lipinski definition) is 3. The van der Waals surface area contributed by atoms with Crippen LogP contribution in [0.2, 0.25) is 0 Å². The lowest BCUT2D eigenvalue weighted by Crippen LogP contribution is -2.35. The van der Waals surface area contributed by atoms with E-state index in [1.807, 2.05) is 6.20 Å². The standard InChI is InChI=1S/C14H26N4/c1-3-5-11-6-7-13(15)12(9-11)14-10-16-17-18(14)8-4-2/h10-13H,3-9,15H2,1-2H3. The van der Waals surface area contributed by atoms with Crippen LogP contribution in [0.4, 0.5) is 0 Å². The van der Waals surface area contributed by atoms with Crippen LogP contribution in [0.5, 0.6) is 0 Å². The summed E-state index contributed by atoms with van der Waals surface area (Å²) in [6.45, 7) is 5.40. The van der Waals surface area contributed by atoms with Crippen molar-refractivity contribution in [3.05, 3.63) is 11.9 Å². The zero-order valence-corrected chi connectivity index (χ0v) is 11.7. The predicted octanol–water partition coefficient (Wildman–Crippen LogP) is 2.70. The van der Waals surface area contributed by atoms with Crippen LogP contribution in [-0.2, 0) is 6.54 Å². The Balaban J connectivity index is 2.11. The fourth-order valence-corrected chi connectivity index (χ4v) is 3.23. The summed E-state index contributed by atoms with van der Waals surface area (Å²) in [4.78, 5) is 0. The Labute approximate surface area is 110 Å². The van der Waals surface area contributed by atoms with Crippen LogP contribution in [0.25, 0.3) is 0 Å². The first-order valence-electron chi connectivity index (χ1n) is 7.40. The molecule has 0 aromatic carbocycles. The molecule has 18 heavy (non-hydrogen) atoms. The van der Waals surface area contributed by atoms with Crippen LogP contribution in [0.1, 0.15) is 64.0 Å². The highest BCUT2D eigenvalue weighted by Crippen LogP contribution is 2.37. The number of aryl methyl sites for hydroxylation is 1. The van der Waals surface area contributed by atoms with Crippen molar-refractivity contribution in [1.82, 2.24) is 15.0 Å². The van der Waals surface area contributed by atoms with Crippen LogP contribution < -0.4 is 5.73 Å². The molecule has 102 valence electrons. The molecule has 0 saturated heterocycles. The molecule has 1 aliphatic carbocycles. The fourth-order valence-electron chi connectivity index (χ4n) is 3.23. The van der Waals surface area contributed by atoms with Gasteiger partial charge in [0.15, 0.2) is 0 Å². The van der Waals surface area contributed by atoms with Gasteiger partial charge in [-0.3, -0.25) is 0 Å². The van der Waals surface area contributed by atoms with Crippen molar-refractivity contribution in [3.63, 3.8) is 0 Å². The molecule has 1 aliphatic rings. The molecule has 0 spiro atoms. The van der Waals surface area contributed by atoms with Gasteiger partial charge in [0.25, 0.3) is 0 Å². The smallest absolute Gasteiger partial charge is 0.0728 e. The molecule has 1 fully saturated rings. The van der Waals surface area contributed by atoms with Gasteiger partial charge >= 0.3 is 0 Å². The summed E-state index contributed by atoms with van der Waals surface area (Å²) in [5.74, 6) is 1.29. The number of aromatic nitrogens is 3. The predicted molar refractivity (Wildman–Crippen MR) is 73.3 cm³/mol. The molecule has 4 heteroatoms. The second-order valence-electron chi connectivity index (χ2n) is 5.62. The average Bonchev–Trinajstić information content (AvgIpc) is 2.81. The first-order chi connectivity index (χ1) is 8.76. The van der Waals surface area contributed by atoms with Crippen LogP contribution in [0, 0.1) is 5.92 Å². The molecule has 0 radical (unpaired) electrons. The second-order valence-corrected chi connectivity index (χ2v) is 5.62. The number of rotatable bonds is 5. The Morgan fingerprint density at radius 3 is 2.89 bits per heavy atom. The van der Waals surface area contributed by atoms with E-state index in [0.717, 1.165) is 25.3 Å². The quantitative estimate of drug-likeness (QED) is 0.874. The monoisotopic (exact) mass is 250 g/mol. The lowest BCUT2D eigenvalue weighted by atomic mass is 9.75. The van der Waals surface area contributed by atoms with Crippen molar-refractivity contribution in [2.45, 2.75) is 70.9 Å². The topological polar surface area (TPSA) is 56.7 Å². The van der Waals surface area contributed by atoms with Crippen LogP contribution in [0.3, 0.4) is 0 Å². The highest BCUT2D eigenvalue weighted by molar-refractivity contribution is 5.09. The van der Waals surface area contributed by atoms with Gasteiger partial charge in [-0.15, -0.1) is 5.10 Å². The van der Waals surface area contributed by atoms with Crippen molar-refractivity contribution in [2.75, 3.05) is 0 Å². The first-order valence-corrected chi connectivity index (χ1v) is 7.40. The maximum Gasteiger partial charge on any atom is 0.0728 e. The molecule has 4 nitrogen and oxygen atoms in total. The minimum Gasteiger partial charge on any atom is -0.327 e. The van der Waals surface area contributed by atoms with Gasteiger partial charge in [0.05, 0.1) is 11.9 Å². The summed E-state index contributed by atoms with van der Waals surface area (Å²) in [5, 5.41) is 8.28. The molecule has 3 unspecified atom stereocenters. The summed E-state index contributed by atoms with van der Waals surface area (Å²) in [5.41, 5.74) is 7.58. The summed E-state index contributed by atoms with van der Waals surface area (Å²) in [7, 11) is 0. The highest BCUT2D eigenvalue weighted by atomic mass is 15.4. The maximum atomic E-state index is 6.32. The van der Waals surface area contributed by atoms with Gasteiger partial charge in [0.1, 0.15) is 0 Å². The van der Waals surface area contributed by atoms with E-state index in [1.54, 1.807) is 0 Å². The molecule has 0 bridgehead atoms. The van der Waals surface area contributed by atoms with E-state index < -0.39 is 0 Å². The van der Waals surface area contributed by atoms with Crippen molar-refractivity contribution in [2.24, 2.45) is 11.7 Å². The molecule has 2 rings (SSSR count). The molecular formula is C14H26N4. The maximum absolute atomic E-state index is 6.32. The van der Waals surface area contributed by atoms with Crippen molar-refractivity contribution >= 4 is 0 Å². The third-order valence-electron chi connectivity index (χ3n) is 4.17. The third kappa shape index (κ3) is 2.91. The highest BCUT2D eigenvalue weighted by Gasteiger charge is 2.31. The Bertz CT molecular complexity index is 360.